The number of carbonyl (C=O) groups is 3. The van der Waals surface area contributed by atoms with Crippen LogP contribution in [0.15, 0.2) is 18.2 Å². The van der Waals surface area contributed by atoms with Crippen molar-refractivity contribution in [3.8, 4) is 0 Å². The van der Waals surface area contributed by atoms with Crippen molar-refractivity contribution in [2.75, 3.05) is 12.4 Å². The molecule has 2 aromatic rings. The number of aromatic nitrogens is 1. The molecule has 0 atom stereocenters. The number of benzene rings is 1. The second kappa shape index (κ2) is 7.99. The van der Waals surface area contributed by atoms with Gasteiger partial charge in [-0.3, -0.25) is 9.59 Å². The molecule has 0 unspecified atom stereocenters. The number of methoxy groups -OCH3 is 1. The fourth-order valence-electron chi connectivity index (χ4n) is 3.07. The van der Waals surface area contributed by atoms with Crippen molar-refractivity contribution in [2.24, 2.45) is 0 Å². The highest BCUT2D eigenvalue weighted by molar-refractivity contribution is 6.02. The van der Waals surface area contributed by atoms with E-state index < -0.39 is 5.97 Å². The molecule has 1 amide bonds. The number of anilines is 1. The zero-order valence-corrected chi connectivity index (χ0v) is 15.8. The van der Waals surface area contributed by atoms with E-state index in [0.717, 1.165) is 23.2 Å². The van der Waals surface area contributed by atoms with Gasteiger partial charge in [-0.15, -0.1) is 0 Å². The first kappa shape index (κ1) is 19.4. The summed E-state index contributed by atoms with van der Waals surface area (Å²) < 4.78 is 4.80. The number of aryl methyl sites for hydroxylation is 2. The van der Waals surface area contributed by atoms with Crippen LogP contribution in [0, 0.1) is 13.8 Å². The third-order valence-electron chi connectivity index (χ3n) is 4.41. The van der Waals surface area contributed by atoms with E-state index in [2.05, 4.69) is 10.3 Å². The topological polar surface area (TPSA) is 88.3 Å². The quantitative estimate of drug-likeness (QED) is 0.613. The lowest BCUT2D eigenvalue weighted by Gasteiger charge is -2.13. The highest BCUT2D eigenvalue weighted by Crippen LogP contribution is 2.23. The lowest BCUT2D eigenvalue weighted by atomic mass is 10.0. The first-order chi connectivity index (χ1) is 12.3. The molecular formula is C20H24N2O4. The Bertz CT molecular complexity index is 865. The summed E-state index contributed by atoms with van der Waals surface area (Å²) in [6.07, 6.45) is 0.733. The van der Waals surface area contributed by atoms with Gasteiger partial charge in [0.15, 0.2) is 5.78 Å². The smallest absolute Gasteiger partial charge is 0.339 e. The van der Waals surface area contributed by atoms with E-state index in [1.165, 1.54) is 14.0 Å². The average molecular weight is 356 g/mol. The van der Waals surface area contributed by atoms with Crippen LogP contribution in [0.1, 0.15) is 57.1 Å². The number of ketones is 1. The highest BCUT2D eigenvalue weighted by Gasteiger charge is 2.24. The molecule has 6 heteroatoms. The second-order valence-electron chi connectivity index (χ2n) is 6.21. The molecule has 2 rings (SSSR count). The van der Waals surface area contributed by atoms with Crippen LogP contribution in [0.25, 0.3) is 0 Å². The van der Waals surface area contributed by atoms with E-state index in [9.17, 15) is 14.4 Å². The number of hydrogen-bond acceptors (Lipinski definition) is 4. The number of rotatable bonds is 6. The minimum absolute atomic E-state index is 0.0595. The standard InChI is InChI=1S/C20H24N2O4/c1-6-14-9-7-8-11(2)18(14)22-16(24)10-15-17(20(25)26-5)12(3)19(21-15)13(4)23/h7-9,21H,6,10H2,1-5H3,(H,22,24). The lowest BCUT2D eigenvalue weighted by molar-refractivity contribution is -0.115. The molecule has 1 heterocycles. The summed E-state index contributed by atoms with van der Waals surface area (Å²) in [6.45, 7) is 7.02. The molecule has 0 bridgehead atoms. The van der Waals surface area contributed by atoms with E-state index in [1.807, 2.05) is 32.0 Å². The third kappa shape index (κ3) is 3.85. The maximum absolute atomic E-state index is 12.6. The molecule has 138 valence electrons. The van der Waals surface area contributed by atoms with Crippen molar-refractivity contribution in [3.05, 3.63) is 51.8 Å². The number of esters is 1. The molecular weight excluding hydrogens is 332 g/mol. The Labute approximate surface area is 152 Å². The van der Waals surface area contributed by atoms with Gasteiger partial charge in [0.1, 0.15) is 0 Å². The van der Waals surface area contributed by atoms with Crippen molar-refractivity contribution in [1.82, 2.24) is 4.98 Å². The fraction of sp³-hybridized carbons (Fsp3) is 0.350. The number of hydrogen-bond donors (Lipinski definition) is 2. The Hall–Kier alpha value is -2.89. The van der Waals surface area contributed by atoms with Gasteiger partial charge in [-0.25, -0.2) is 4.79 Å². The SMILES string of the molecule is CCc1cccc(C)c1NC(=O)Cc1[nH]c(C(C)=O)c(C)c1C(=O)OC. The molecule has 0 saturated heterocycles. The number of carbonyl (C=O) groups excluding carboxylic acids is 3. The minimum atomic E-state index is -0.570. The van der Waals surface area contributed by atoms with Gasteiger partial charge >= 0.3 is 5.97 Å². The van der Waals surface area contributed by atoms with Gasteiger partial charge in [0, 0.05) is 18.3 Å². The van der Waals surface area contributed by atoms with Crippen LogP contribution in [0.2, 0.25) is 0 Å². The van der Waals surface area contributed by atoms with Crippen molar-refractivity contribution < 1.29 is 19.1 Å². The molecule has 0 aliphatic heterocycles. The summed E-state index contributed by atoms with van der Waals surface area (Å²) in [6, 6.07) is 5.85. The van der Waals surface area contributed by atoms with Crippen LogP contribution in [0.3, 0.4) is 0 Å². The summed E-state index contributed by atoms with van der Waals surface area (Å²) in [7, 11) is 1.27. The molecule has 0 radical (unpaired) electrons. The summed E-state index contributed by atoms with van der Waals surface area (Å²) in [5, 5.41) is 2.92. The summed E-state index contributed by atoms with van der Waals surface area (Å²) in [5.74, 6) is -1.04. The predicted molar refractivity (Wildman–Crippen MR) is 99.8 cm³/mol. The lowest BCUT2D eigenvalue weighted by Crippen LogP contribution is -2.18. The van der Waals surface area contributed by atoms with E-state index in [1.54, 1.807) is 6.92 Å². The van der Waals surface area contributed by atoms with Crippen molar-refractivity contribution in [1.29, 1.82) is 0 Å². The van der Waals surface area contributed by atoms with Crippen LogP contribution in [-0.4, -0.2) is 29.8 Å². The molecule has 0 saturated carbocycles. The van der Waals surface area contributed by atoms with Gasteiger partial charge in [-0.1, -0.05) is 25.1 Å². The Kier molecular flexibility index (Phi) is 5.97. The number of para-hydroxylation sites is 1. The van der Waals surface area contributed by atoms with Crippen LogP contribution in [0.4, 0.5) is 5.69 Å². The van der Waals surface area contributed by atoms with Crippen LogP contribution < -0.4 is 5.32 Å². The zero-order valence-electron chi connectivity index (χ0n) is 15.8. The van der Waals surface area contributed by atoms with Gasteiger partial charge < -0.3 is 15.0 Å². The van der Waals surface area contributed by atoms with E-state index >= 15 is 0 Å². The summed E-state index contributed by atoms with van der Waals surface area (Å²) in [5.41, 5.74) is 4.24. The fourth-order valence-corrected chi connectivity index (χ4v) is 3.07. The van der Waals surface area contributed by atoms with Gasteiger partial charge in [-0.05, 0) is 37.0 Å². The minimum Gasteiger partial charge on any atom is -0.465 e. The monoisotopic (exact) mass is 356 g/mol. The molecule has 0 spiro atoms. The molecule has 26 heavy (non-hydrogen) atoms. The Balaban J connectivity index is 2.34. The average Bonchev–Trinajstić information content (AvgIpc) is 2.92. The maximum atomic E-state index is 12.6. The van der Waals surface area contributed by atoms with Crippen LogP contribution in [0.5, 0.6) is 0 Å². The highest BCUT2D eigenvalue weighted by atomic mass is 16.5. The molecule has 6 nitrogen and oxygen atoms in total. The van der Waals surface area contributed by atoms with Crippen molar-refractivity contribution in [3.63, 3.8) is 0 Å². The van der Waals surface area contributed by atoms with E-state index in [4.69, 9.17) is 4.74 Å². The molecule has 0 fully saturated rings. The summed E-state index contributed by atoms with van der Waals surface area (Å²) in [4.78, 5) is 39.4. The molecule has 0 aliphatic carbocycles. The molecule has 1 aromatic carbocycles. The zero-order chi connectivity index (χ0) is 19.4. The number of amides is 1. The van der Waals surface area contributed by atoms with E-state index in [0.29, 0.717) is 17.0 Å². The second-order valence-corrected chi connectivity index (χ2v) is 6.21. The summed E-state index contributed by atoms with van der Waals surface area (Å²) >= 11 is 0. The number of H-pyrrole nitrogens is 1. The van der Waals surface area contributed by atoms with Gasteiger partial charge in [0.2, 0.25) is 5.91 Å². The van der Waals surface area contributed by atoms with Gasteiger partial charge in [0.25, 0.3) is 0 Å². The molecule has 2 N–H and O–H groups in total. The Morgan fingerprint density at radius 2 is 1.88 bits per heavy atom. The number of ether oxygens (including phenoxy) is 1. The molecule has 1 aromatic heterocycles. The first-order valence-electron chi connectivity index (χ1n) is 8.49. The third-order valence-corrected chi connectivity index (χ3v) is 4.41. The largest absolute Gasteiger partial charge is 0.465 e. The van der Waals surface area contributed by atoms with Crippen LogP contribution in [-0.2, 0) is 22.4 Å². The number of nitrogens with one attached hydrogen (secondary N) is 2. The van der Waals surface area contributed by atoms with Gasteiger partial charge in [-0.2, -0.15) is 0 Å². The number of aromatic amines is 1. The van der Waals surface area contributed by atoms with Crippen molar-refractivity contribution in [2.45, 2.75) is 40.5 Å². The number of Topliss-reactive ketones (excluding diaryl/α,β-unsaturated/α-hetero) is 1. The predicted octanol–water partition coefficient (Wildman–Crippen LogP) is 3.36. The normalized spacial score (nSPS) is 10.5. The first-order valence-corrected chi connectivity index (χ1v) is 8.49. The van der Waals surface area contributed by atoms with E-state index in [-0.39, 0.29) is 23.7 Å². The maximum Gasteiger partial charge on any atom is 0.339 e. The van der Waals surface area contributed by atoms with Gasteiger partial charge in [0.05, 0.1) is 24.8 Å². The molecule has 0 aliphatic rings. The van der Waals surface area contributed by atoms with Crippen LogP contribution >= 0.6 is 0 Å². The van der Waals surface area contributed by atoms with Crippen molar-refractivity contribution >= 4 is 23.3 Å². The Morgan fingerprint density at radius 1 is 1.19 bits per heavy atom. The Morgan fingerprint density at radius 3 is 2.46 bits per heavy atom.